The normalized spacial score (nSPS) is 13.8. The molecule has 0 saturated heterocycles. The van der Waals surface area contributed by atoms with E-state index in [9.17, 15) is 4.79 Å². The molecule has 2 aromatic carbocycles. The monoisotopic (exact) mass is 371 g/mol. The van der Waals surface area contributed by atoms with E-state index in [4.69, 9.17) is 5.10 Å². The van der Waals surface area contributed by atoms with E-state index in [1.54, 1.807) is 4.68 Å². The molecule has 1 heterocycles. The molecule has 3 aromatic rings. The summed E-state index contributed by atoms with van der Waals surface area (Å²) in [6, 6.07) is 19.8. The van der Waals surface area contributed by atoms with Crippen molar-refractivity contribution in [1.82, 2.24) is 15.1 Å². The summed E-state index contributed by atoms with van der Waals surface area (Å²) in [6.07, 6.45) is 9.98. The zero-order valence-corrected chi connectivity index (χ0v) is 16.0. The van der Waals surface area contributed by atoms with Gasteiger partial charge in [0, 0.05) is 18.3 Å². The van der Waals surface area contributed by atoms with Gasteiger partial charge in [-0.1, -0.05) is 60.2 Å². The van der Waals surface area contributed by atoms with Crippen LogP contribution < -0.4 is 5.32 Å². The second-order valence-corrected chi connectivity index (χ2v) is 7.15. The Balaban J connectivity index is 1.56. The van der Waals surface area contributed by atoms with Gasteiger partial charge in [0.2, 0.25) is 0 Å². The van der Waals surface area contributed by atoms with Crippen LogP contribution in [0.15, 0.2) is 78.5 Å². The molecule has 0 aliphatic heterocycles. The summed E-state index contributed by atoms with van der Waals surface area (Å²) in [5, 5.41) is 7.80. The predicted molar refractivity (Wildman–Crippen MR) is 113 cm³/mol. The van der Waals surface area contributed by atoms with Gasteiger partial charge >= 0.3 is 0 Å². The maximum Gasteiger partial charge on any atom is 0.255 e. The maximum atomic E-state index is 12.9. The van der Waals surface area contributed by atoms with Gasteiger partial charge in [-0.25, -0.2) is 4.68 Å². The Morgan fingerprint density at radius 1 is 1.00 bits per heavy atom. The summed E-state index contributed by atoms with van der Waals surface area (Å²) in [5.41, 5.74) is 4.66. The van der Waals surface area contributed by atoms with Crippen molar-refractivity contribution in [2.24, 2.45) is 0 Å². The van der Waals surface area contributed by atoms with Gasteiger partial charge in [-0.2, -0.15) is 5.10 Å². The van der Waals surface area contributed by atoms with E-state index in [0.717, 1.165) is 24.1 Å². The summed E-state index contributed by atoms with van der Waals surface area (Å²) in [7, 11) is 0. The summed E-state index contributed by atoms with van der Waals surface area (Å²) in [4.78, 5) is 12.9. The van der Waals surface area contributed by atoms with E-state index in [-0.39, 0.29) is 5.91 Å². The number of hydrogen-bond donors (Lipinski definition) is 1. The molecule has 0 bridgehead atoms. The van der Waals surface area contributed by atoms with E-state index in [2.05, 4.69) is 11.4 Å². The standard InChI is InChI=1S/C24H25N3O/c28-24(25-17-16-19-10-4-1-5-11-19)22-18-27(21-14-8-3-9-15-21)26-23(22)20-12-6-2-7-13-20/h2-3,6-10,12-15,18H,1,4-5,11,16-17H2,(H,25,28). The quantitative estimate of drug-likeness (QED) is 0.609. The first-order valence-electron chi connectivity index (χ1n) is 9.98. The molecule has 4 heteroatoms. The number of aromatic nitrogens is 2. The second kappa shape index (κ2) is 8.70. The Morgan fingerprint density at radius 2 is 1.75 bits per heavy atom. The van der Waals surface area contributed by atoms with Crippen LogP contribution in [0.2, 0.25) is 0 Å². The number of allylic oxidation sites excluding steroid dienone is 1. The van der Waals surface area contributed by atoms with Gasteiger partial charge in [-0.15, -0.1) is 0 Å². The number of carbonyl (C=O) groups is 1. The van der Waals surface area contributed by atoms with Crippen LogP contribution in [0.1, 0.15) is 42.5 Å². The van der Waals surface area contributed by atoms with Crippen LogP contribution in [0.3, 0.4) is 0 Å². The Labute approximate surface area is 165 Å². The largest absolute Gasteiger partial charge is 0.352 e. The van der Waals surface area contributed by atoms with Gasteiger partial charge in [0.25, 0.3) is 5.91 Å². The number of carbonyl (C=O) groups excluding carboxylic acids is 1. The third-order valence-corrected chi connectivity index (χ3v) is 5.14. The molecule has 0 spiro atoms. The van der Waals surface area contributed by atoms with Gasteiger partial charge in [-0.05, 0) is 44.2 Å². The van der Waals surface area contributed by atoms with Gasteiger partial charge < -0.3 is 5.32 Å². The molecule has 1 aliphatic rings. The topological polar surface area (TPSA) is 46.9 Å². The fraction of sp³-hybridized carbons (Fsp3) is 0.250. The molecule has 1 amide bonds. The van der Waals surface area contributed by atoms with Crippen molar-refractivity contribution in [3.63, 3.8) is 0 Å². The van der Waals surface area contributed by atoms with Crippen molar-refractivity contribution in [2.75, 3.05) is 6.54 Å². The lowest BCUT2D eigenvalue weighted by molar-refractivity contribution is 0.0954. The average Bonchev–Trinajstić information content (AvgIpc) is 3.21. The lowest BCUT2D eigenvalue weighted by Gasteiger charge is -2.12. The van der Waals surface area contributed by atoms with Crippen LogP contribution in [-0.4, -0.2) is 22.2 Å². The molecule has 142 valence electrons. The van der Waals surface area contributed by atoms with Crippen molar-refractivity contribution in [2.45, 2.75) is 32.1 Å². The van der Waals surface area contributed by atoms with Gasteiger partial charge in [0.05, 0.1) is 11.3 Å². The van der Waals surface area contributed by atoms with Crippen LogP contribution >= 0.6 is 0 Å². The molecular weight excluding hydrogens is 346 g/mol. The highest BCUT2D eigenvalue weighted by Gasteiger charge is 2.18. The highest BCUT2D eigenvalue weighted by atomic mass is 16.1. The number of nitrogens with one attached hydrogen (secondary N) is 1. The second-order valence-electron chi connectivity index (χ2n) is 7.15. The number of amides is 1. The molecule has 4 nitrogen and oxygen atoms in total. The first kappa shape index (κ1) is 18.2. The molecule has 0 atom stereocenters. The third kappa shape index (κ3) is 4.22. The molecule has 0 fully saturated rings. The number of hydrogen-bond acceptors (Lipinski definition) is 2. The molecule has 28 heavy (non-hydrogen) atoms. The van der Waals surface area contributed by atoms with E-state index < -0.39 is 0 Å². The Hall–Kier alpha value is -3.14. The maximum absolute atomic E-state index is 12.9. The Kier molecular flexibility index (Phi) is 5.66. The Bertz CT molecular complexity index is 958. The van der Waals surface area contributed by atoms with E-state index in [0.29, 0.717) is 17.8 Å². The fourth-order valence-electron chi connectivity index (χ4n) is 3.63. The number of nitrogens with zero attached hydrogens (tertiary/aromatic N) is 2. The molecule has 1 N–H and O–H groups in total. The third-order valence-electron chi connectivity index (χ3n) is 5.14. The lowest BCUT2D eigenvalue weighted by atomic mass is 9.97. The summed E-state index contributed by atoms with van der Waals surface area (Å²) in [6.45, 7) is 0.662. The first-order chi connectivity index (χ1) is 13.8. The minimum absolute atomic E-state index is 0.0718. The van der Waals surface area contributed by atoms with Crippen molar-refractivity contribution >= 4 is 5.91 Å². The zero-order valence-electron chi connectivity index (χ0n) is 16.0. The van der Waals surface area contributed by atoms with Crippen molar-refractivity contribution in [3.05, 3.63) is 84.1 Å². The van der Waals surface area contributed by atoms with Gasteiger partial charge in [0.1, 0.15) is 5.69 Å². The van der Waals surface area contributed by atoms with E-state index in [1.807, 2.05) is 66.9 Å². The van der Waals surface area contributed by atoms with Crippen LogP contribution in [0.25, 0.3) is 16.9 Å². The number of benzene rings is 2. The lowest BCUT2D eigenvalue weighted by Crippen LogP contribution is -2.25. The van der Waals surface area contributed by atoms with Crippen LogP contribution in [0.5, 0.6) is 0 Å². The first-order valence-corrected chi connectivity index (χ1v) is 9.98. The number of para-hydroxylation sites is 1. The highest BCUT2D eigenvalue weighted by molar-refractivity contribution is 5.99. The average molecular weight is 371 g/mol. The zero-order chi connectivity index (χ0) is 19.2. The molecule has 1 aromatic heterocycles. The molecule has 1 aliphatic carbocycles. The van der Waals surface area contributed by atoms with Crippen LogP contribution in [0, 0.1) is 0 Å². The summed E-state index contributed by atoms with van der Waals surface area (Å²) >= 11 is 0. The van der Waals surface area contributed by atoms with Gasteiger partial charge in [-0.3, -0.25) is 4.79 Å². The molecule has 4 rings (SSSR count). The van der Waals surface area contributed by atoms with E-state index in [1.165, 1.54) is 24.8 Å². The fourth-order valence-corrected chi connectivity index (χ4v) is 3.63. The van der Waals surface area contributed by atoms with E-state index >= 15 is 0 Å². The SMILES string of the molecule is O=C(NCCC1=CCCCC1)c1cn(-c2ccccc2)nc1-c1ccccc1. The predicted octanol–water partition coefficient (Wildman–Crippen LogP) is 5.16. The van der Waals surface area contributed by atoms with Crippen molar-refractivity contribution < 1.29 is 4.79 Å². The molecule has 0 unspecified atom stereocenters. The Morgan fingerprint density at radius 3 is 2.46 bits per heavy atom. The minimum Gasteiger partial charge on any atom is -0.352 e. The van der Waals surface area contributed by atoms with Crippen molar-refractivity contribution in [3.8, 4) is 16.9 Å². The molecular formula is C24H25N3O. The molecule has 0 radical (unpaired) electrons. The highest BCUT2D eigenvalue weighted by Crippen LogP contribution is 2.24. The van der Waals surface area contributed by atoms with Crippen molar-refractivity contribution in [1.29, 1.82) is 0 Å². The minimum atomic E-state index is -0.0718. The van der Waals surface area contributed by atoms with Crippen LogP contribution in [-0.2, 0) is 0 Å². The van der Waals surface area contributed by atoms with Gasteiger partial charge in [0.15, 0.2) is 0 Å². The summed E-state index contributed by atoms with van der Waals surface area (Å²) < 4.78 is 1.78. The molecule has 0 saturated carbocycles. The summed E-state index contributed by atoms with van der Waals surface area (Å²) in [5.74, 6) is -0.0718. The smallest absolute Gasteiger partial charge is 0.255 e. The number of rotatable bonds is 6. The van der Waals surface area contributed by atoms with Crippen LogP contribution in [0.4, 0.5) is 0 Å².